The van der Waals surface area contributed by atoms with Crippen LogP contribution in [0.25, 0.3) is 35.6 Å². The highest BCUT2D eigenvalue weighted by Gasteiger charge is 2.59. The number of rotatable bonds is 12. The first-order valence-electron chi connectivity index (χ1n) is 25.0. The molecule has 3 aromatic carbocycles. The number of alkyl carbamates (subject to hydrolysis) is 1. The summed E-state index contributed by atoms with van der Waals surface area (Å²) in [6.07, 6.45) is 17.4. The third-order valence-electron chi connectivity index (χ3n) is 17.4. The molecule has 11 rings (SSSR count). The van der Waals surface area contributed by atoms with Gasteiger partial charge in [-0.3, -0.25) is 4.79 Å². The van der Waals surface area contributed by atoms with Crippen LogP contribution in [0, 0.1) is 46.3 Å². The van der Waals surface area contributed by atoms with Crippen LogP contribution < -0.4 is 26.7 Å². The molecule has 0 bridgehead atoms. The molecule has 9 nitrogen and oxygen atoms in total. The number of amides is 2. The average Bonchev–Trinajstić information content (AvgIpc) is 4.15. The minimum Gasteiger partial charge on any atom is -0.446 e. The third kappa shape index (κ3) is 7.56. The van der Waals surface area contributed by atoms with Crippen molar-refractivity contribution >= 4 is 78.0 Å². The van der Waals surface area contributed by atoms with E-state index in [0.29, 0.717) is 22.1 Å². The molecule has 12 heteroatoms. The maximum Gasteiger partial charge on any atom is 0.407 e. The fourth-order valence-electron chi connectivity index (χ4n) is 14.0. The second-order valence-electron chi connectivity index (χ2n) is 21.5. The second-order valence-corrected chi connectivity index (χ2v) is 26.1. The molecule has 2 amide bonds. The first-order valence-corrected chi connectivity index (χ1v) is 28.3. The van der Waals surface area contributed by atoms with Crippen molar-refractivity contribution in [1.29, 1.82) is 0 Å². The number of nitrogens with one attached hydrogen (secondary N) is 2. The van der Waals surface area contributed by atoms with Crippen molar-refractivity contribution in [3.63, 3.8) is 0 Å². The lowest BCUT2D eigenvalue weighted by atomic mass is 9.47. The Hall–Kier alpha value is -4.57. The molecule has 1 aliphatic heterocycles. The molecule has 0 unspecified atom stereocenters. The Morgan fingerprint density at radius 3 is 2.22 bits per heavy atom. The Morgan fingerprint density at radius 1 is 0.836 bits per heavy atom. The SMILES string of the molecule is CC(C)CCC[C@@H](C)[C@H]1CC[C@H]2[C@@H]3CC=C4C[C@@H](OC(=O)NCCNC(=O)c5ccc(-n6cc(P7(=O)c8c(sc9ccccc89)-c8sc9ccccc9c87)nn6)cc5)CC[C@]4(C)[C@H]3CC[C@]12C. The van der Waals surface area contributed by atoms with Gasteiger partial charge in [-0.15, -0.1) is 27.8 Å². The molecule has 0 spiro atoms. The van der Waals surface area contributed by atoms with E-state index in [9.17, 15) is 9.59 Å². The molecule has 5 aliphatic rings. The van der Waals surface area contributed by atoms with Crippen molar-refractivity contribution in [2.45, 2.75) is 111 Å². The van der Waals surface area contributed by atoms with Crippen LogP contribution in [0.3, 0.4) is 0 Å². The summed E-state index contributed by atoms with van der Waals surface area (Å²) >= 11 is 3.38. The van der Waals surface area contributed by atoms with E-state index in [1.165, 1.54) is 56.9 Å². The summed E-state index contributed by atoms with van der Waals surface area (Å²) in [5, 5.41) is 18.6. The lowest BCUT2D eigenvalue weighted by Crippen LogP contribution is -2.51. The standard InChI is InChI=1S/C55H64N5O4PS2/c1-33(2)11-10-12-34(3)42-23-24-43-39-22-19-36-31-38(25-27-54(36,4)44(39)26-28-55(42,43)5)64-53(62)57-30-29-56-52(61)35-17-20-37(21-18-35)60-32-47(58-59-60)65(63)48-40-13-6-8-15-45(40)66-50(48)51-49(65)41-14-7-9-16-46(41)67-51/h6-9,13-21,32-34,38-39,42-44H,10-12,22-31H2,1-5H3,(H,56,61)(H,57,62)/t34-,38+,39+,42-,43+,44+,54+,55-/m1/s1. The van der Waals surface area contributed by atoms with Gasteiger partial charge < -0.3 is 19.9 Å². The molecule has 3 saturated carbocycles. The molecule has 6 aromatic rings. The molecule has 67 heavy (non-hydrogen) atoms. The van der Waals surface area contributed by atoms with Gasteiger partial charge in [-0.05, 0) is 128 Å². The molecule has 3 fully saturated rings. The van der Waals surface area contributed by atoms with E-state index in [-0.39, 0.29) is 30.5 Å². The van der Waals surface area contributed by atoms with Crippen molar-refractivity contribution in [2.24, 2.45) is 46.3 Å². The first-order chi connectivity index (χ1) is 32.4. The number of benzene rings is 3. The maximum absolute atomic E-state index is 15.7. The molecule has 4 heterocycles. The Balaban J connectivity index is 0.676. The first kappa shape index (κ1) is 44.9. The predicted octanol–water partition coefficient (Wildman–Crippen LogP) is 12.2. The summed E-state index contributed by atoms with van der Waals surface area (Å²) in [6, 6.07) is 23.4. The van der Waals surface area contributed by atoms with Gasteiger partial charge in [0.25, 0.3) is 5.91 Å². The maximum atomic E-state index is 15.7. The predicted molar refractivity (Wildman–Crippen MR) is 274 cm³/mol. The fraction of sp³-hybridized carbons (Fsp3) is 0.491. The van der Waals surface area contributed by atoms with Crippen molar-refractivity contribution < 1.29 is 18.9 Å². The van der Waals surface area contributed by atoms with Crippen LogP contribution in [0.4, 0.5) is 4.79 Å². The number of aromatic nitrogens is 3. The molecule has 0 saturated heterocycles. The second kappa shape index (κ2) is 17.4. The zero-order chi connectivity index (χ0) is 46.2. The number of carbonyl (C=O) groups excluding carboxylic acids is 2. The van der Waals surface area contributed by atoms with Gasteiger partial charge in [0.1, 0.15) is 6.10 Å². The number of fused-ring (bicyclic) bond motifs is 12. The smallest absolute Gasteiger partial charge is 0.407 e. The number of hydrogen-bond donors (Lipinski definition) is 2. The summed E-state index contributed by atoms with van der Waals surface area (Å²) in [4.78, 5) is 28.3. The number of thiophene rings is 2. The van der Waals surface area contributed by atoms with Gasteiger partial charge in [-0.2, -0.15) is 0 Å². The molecule has 3 aromatic heterocycles. The largest absolute Gasteiger partial charge is 0.446 e. The number of carbonyl (C=O) groups is 2. The summed E-state index contributed by atoms with van der Waals surface area (Å²) in [5.74, 6) is 4.57. The molecule has 4 aliphatic carbocycles. The monoisotopic (exact) mass is 953 g/mol. The molecule has 2 N–H and O–H groups in total. The number of ether oxygens (including phenoxy) is 1. The summed E-state index contributed by atoms with van der Waals surface area (Å²) in [6.45, 7) is 13.0. The molecular weight excluding hydrogens is 890 g/mol. The van der Waals surface area contributed by atoms with Gasteiger partial charge in [0.05, 0.1) is 21.6 Å². The fourth-order valence-corrected chi connectivity index (χ4v) is 20.7. The highest BCUT2D eigenvalue weighted by Crippen LogP contribution is 2.67. The Kier molecular flexibility index (Phi) is 11.7. The summed E-state index contributed by atoms with van der Waals surface area (Å²) < 4.78 is 25.5. The zero-order valence-electron chi connectivity index (χ0n) is 39.6. The van der Waals surface area contributed by atoms with Crippen LogP contribution in [0.2, 0.25) is 0 Å². The van der Waals surface area contributed by atoms with E-state index in [2.05, 4.69) is 85.9 Å². The minimum atomic E-state index is -3.36. The molecule has 8 atom stereocenters. The Morgan fingerprint density at radius 2 is 1.52 bits per heavy atom. The topological polar surface area (TPSA) is 115 Å². The molecular formula is C55H64N5O4PS2. The van der Waals surface area contributed by atoms with Gasteiger partial charge in [-0.1, -0.05) is 107 Å². The Bertz CT molecular complexity index is 2870. The van der Waals surface area contributed by atoms with Crippen LogP contribution in [0.15, 0.2) is 90.6 Å². The quantitative estimate of drug-likeness (QED) is 0.0716. The summed E-state index contributed by atoms with van der Waals surface area (Å²) in [5.41, 5.74) is 3.82. The highest BCUT2D eigenvalue weighted by molar-refractivity contribution is 7.88. The van der Waals surface area contributed by atoms with Crippen LogP contribution in [0.1, 0.15) is 116 Å². The van der Waals surface area contributed by atoms with Gasteiger partial charge >= 0.3 is 6.09 Å². The van der Waals surface area contributed by atoms with E-state index >= 15 is 4.57 Å². The normalized spacial score (nSPS) is 27.4. The third-order valence-corrected chi connectivity index (χ3v) is 23.2. The van der Waals surface area contributed by atoms with Crippen LogP contribution in [-0.2, 0) is 9.30 Å². The van der Waals surface area contributed by atoms with E-state index in [0.717, 1.165) is 95.3 Å². The number of allylic oxidation sites excluding steroid dienone is 1. The summed E-state index contributed by atoms with van der Waals surface area (Å²) in [7, 11) is -3.36. The molecule has 0 radical (unpaired) electrons. The van der Waals surface area contributed by atoms with E-state index in [1.54, 1.807) is 45.7 Å². The van der Waals surface area contributed by atoms with Gasteiger partial charge in [0.15, 0.2) is 12.6 Å². The number of hydrogen-bond acceptors (Lipinski definition) is 8. The van der Waals surface area contributed by atoms with E-state index < -0.39 is 13.2 Å². The van der Waals surface area contributed by atoms with Gasteiger partial charge in [-0.25, -0.2) is 9.48 Å². The van der Waals surface area contributed by atoms with Crippen molar-refractivity contribution in [1.82, 2.24) is 25.6 Å². The van der Waals surface area contributed by atoms with Crippen molar-refractivity contribution in [3.05, 3.63) is 96.2 Å². The Labute approximate surface area is 402 Å². The van der Waals surface area contributed by atoms with Crippen LogP contribution >= 0.6 is 29.8 Å². The van der Waals surface area contributed by atoms with Gasteiger partial charge in [0.2, 0.25) is 0 Å². The molecule has 350 valence electrons. The van der Waals surface area contributed by atoms with Crippen molar-refractivity contribution in [2.75, 3.05) is 13.1 Å². The minimum absolute atomic E-state index is 0.123. The lowest BCUT2D eigenvalue weighted by Gasteiger charge is -2.58. The number of nitrogens with zero attached hydrogens (tertiary/aromatic N) is 3. The van der Waals surface area contributed by atoms with E-state index in [1.807, 2.05) is 36.4 Å². The van der Waals surface area contributed by atoms with E-state index in [4.69, 9.17) is 4.74 Å². The van der Waals surface area contributed by atoms with Crippen molar-refractivity contribution in [3.8, 4) is 15.4 Å². The zero-order valence-corrected chi connectivity index (χ0v) is 42.1. The van der Waals surface area contributed by atoms with Crippen LogP contribution in [-0.4, -0.2) is 46.2 Å². The van der Waals surface area contributed by atoms with Crippen LogP contribution in [0.5, 0.6) is 0 Å². The lowest BCUT2D eigenvalue weighted by molar-refractivity contribution is -0.0581. The van der Waals surface area contributed by atoms with Gasteiger partial charge in [0, 0.05) is 55.9 Å². The average molecular weight is 954 g/mol. The highest BCUT2D eigenvalue weighted by atomic mass is 32.1.